The molecular formula is C19H14F4N6OS. The van der Waals surface area contributed by atoms with Crippen LogP contribution < -0.4 is 5.84 Å². The van der Waals surface area contributed by atoms with Crippen molar-refractivity contribution in [2.45, 2.75) is 23.5 Å². The lowest BCUT2D eigenvalue weighted by molar-refractivity contribution is -0.137. The second-order valence-corrected chi connectivity index (χ2v) is 7.79. The number of aromatic nitrogens is 5. The number of nitrogens with two attached hydrogens (primary N) is 1. The van der Waals surface area contributed by atoms with E-state index in [4.69, 9.17) is 10.4 Å². The predicted molar refractivity (Wildman–Crippen MR) is 105 cm³/mol. The Morgan fingerprint density at radius 1 is 1.06 bits per heavy atom. The van der Waals surface area contributed by atoms with Gasteiger partial charge in [0.25, 0.3) is 0 Å². The van der Waals surface area contributed by atoms with E-state index in [1.165, 1.54) is 52.8 Å². The van der Waals surface area contributed by atoms with Crippen LogP contribution in [0.5, 0.6) is 0 Å². The van der Waals surface area contributed by atoms with Crippen molar-refractivity contribution in [3.05, 3.63) is 65.8 Å². The summed E-state index contributed by atoms with van der Waals surface area (Å²) in [5.74, 6) is 6.23. The maximum atomic E-state index is 13.1. The van der Waals surface area contributed by atoms with Gasteiger partial charge in [0.2, 0.25) is 16.9 Å². The Labute approximate surface area is 177 Å². The van der Waals surface area contributed by atoms with E-state index in [0.29, 0.717) is 16.5 Å². The van der Waals surface area contributed by atoms with E-state index in [2.05, 4.69) is 20.3 Å². The van der Waals surface area contributed by atoms with Gasteiger partial charge < -0.3 is 10.4 Å². The Balaban J connectivity index is 1.53. The van der Waals surface area contributed by atoms with Gasteiger partial charge in [0.1, 0.15) is 5.82 Å². The molecule has 0 saturated heterocycles. The van der Waals surface area contributed by atoms with Gasteiger partial charge in [-0.25, -0.2) is 9.07 Å². The summed E-state index contributed by atoms with van der Waals surface area (Å²) in [5, 5.41) is 11.7. The van der Waals surface area contributed by atoms with E-state index in [-0.39, 0.29) is 23.1 Å². The molecule has 2 heterocycles. The molecule has 2 aromatic heterocycles. The standard InChI is InChI=1S/C19H14F4N6OS/c1-10(31-18-27-26-16(29(18)24)11-5-7-14(20)8-6-11)17-25-15(28-30-17)12-3-2-4-13(9-12)19(21,22)23/h2-10H,24H2,1H3. The van der Waals surface area contributed by atoms with Crippen LogP contribution >= 0.6 is 11.8 Å². The lowest BCUT2D eigenvalue weighted by Gasteiger charge is -2.07. The van der Waals surface area contributed by atoms with E-state index >= 15 is 0 Å². The summed E-state index contributed by atoms with van der Waals surface area (Å²) in [6.07, 6.45) is -4.47. The number of hydrogen-bond donors (Lipinski definition) is 1. The Kier molecular flexibility index (Phi) is 5.39. The minimum atomic E-state index is -4.47. The zero-order chi connectivity index (χ0) is 22.2. The number of rotatable bonds is 5. The van der Waals surface area contributed by atoms with Gasteiger partial charge in [0.05, 0.1) is 10.8 Å². The summed E-state index contributed by atoms with van der Waals surface area (Å²) in [5.41, 5.74) is -0.0357. The van der Waals surface area contributed by atoms with E-state index in [1.54, 1.807) is 6.92 Å². The summed E-state index contributed by atoms with van der Waals surface area (Å²) in [4.78, 5) is 4.20. The lowest BCUT2D eigenvalue weighted by Crippen LogP contribution is -2.12. The molecular weight excluding hydrogens is 436 g/mol. The molecule has 7 nitrogen and oxygen atoms in total. The number of nitrogens with zero attached hydrogens (tertiary/aromatic N) is 5. The first-order valence-corrected chi connectivity index (χ1v) is 9.74. The average molecular weight is 450 g/mol. The summed E-state index contributed by atoms with van der Waals surface area (Å²) in [6.45, 7) is 1.75. The molecule has 4 aromatic rings. The van der Waals surface area contributed by atoms with Gasteiger partial charge in [0, 0.05) is 11.1 Å². The van der Waals surface area contributed by atoms with Crippen LogP contribution in [0.25, 0.3) is 22.8 Å². The lowest BCUT2D eigenvalue weighted by atomic mass is 10.1. The molecule has 0 aliphatic carbocycles. The first-order chi connectivity index (χ1) is 14.7. The van der Waals surface area contributed by atoms with Crippen molar-refractivity contribution in [3.63, 3.8) is 0 Å². The molecule has 2 N–H and O–H groups in total. The third-order valence-corrected chi connectivity index (χ3v) is 5.33. The average Bonchev–Trinajstić information content (AvgIpc) is 3.36. The van der Waals surface area contributed by atoms with Crippen LogP contribution in [0.4, 0.5) is 17.6 Å². The van der Waals surface area contributed by atoms with Gasteiger partial charge in [-0.3, -0.25) is 0 Å². The number of hydrogen-bond acceptors (Lipinski definition) is 7. The minimum absolute atomic E-state index is 0.0368. The van der Waals surface area contributed by atoms with Gasteiger partial charge in [0.15, 0.2) is 5.82 Å². The second-order valence-electron chi connectivity index (χ2n) is 6.48. The van der Waals surface area contributed by atoms with Crippen LogP contribution in [0.1, 0.15) is 23.6 Å². The Bertz CT molecular complexity index is 1200. The molecule has 4 rings (SSSR count). The van der Waals surface area contributed by atoms with Crippen molar-refractivity contribution in [1.29, 1.82) is 0 Å². The largest absolute Gasteiger partial charge is 0.416 e. The fourth-order valence-electron chi connectivity index (χ4n) is 2.71. The third-order valence-electron chi connectivity index (χ3n) is 4.29. The van der Waals surface area contributed by atoms with Crippen molar-refractivity contribution in [1.82, 2.24) is 25.0 Å². The van der Waals surface area contributed by atoms with Crippen LogP contribution in [0.15, 0.2) is 58.2 Å². The maximum Gasteiger partial charge on any atom is 0.416 e. The highest BCUT2D eigenvalue weighted by Crippen LogP contribution is 2.35. The number of nitrogen functional groups attached to an aromatic ring is 1. The van der Waals surface area contributed by atoms with Crippen molar-refractivity contribution >= 4 is 11.8 Å². The highest BCUT2D eigenvalue weighted by atomic mass is 32.2. The molecule has 0 amide bonds. The Morgan fingerprint density at radius 3 is 2.52 bits per heavy atom. The summed E-state index contributed by atoms with van der Waals surface area (Å²) in [6, 6.07) is 10.3. The first kappa shape index (κ1) is 20.8. The molecule has 160 valence electrons. The van der Waals surface area contributed by atoms with E-state index < -0.39 is 17.0 Å². The highest BCUT2D eigenvalue weighted by Gasteiger charge is 2.31. The molecule has 0 spiro atoms. The summed E-state index contributed by atoms with van der Waals surface area (Å²) < 4.78 is 58.4. The molecule has 31 heavy (non-hydrogen) atoms. The fraction of sp³-hybridized carbons (Fsp3) is 0.158. The topological polar surface area (TPSA) is 95.7 Å². The number of halogens is 4. The van der Waals surface area contributed by atoms with Crippen molar-refractivity contribution in [2.75, 3.05) is 5.84 Å². The van der Waals surface area contributed by atoms with Gasteiger partial charge >= 0.3 is 6.18 Å². The molecule has 0 fully saturated rings. The number of benzene rings is 2. The van der Waals surface area contributed by atoms with Gasteiger partial charge in [-0.2, -0.15) is 18.2 Å². The molecule has 0 aliphatic heterocycles. The zero-order valence-electron chi connectivity index (χ0n) is 15.8. The quantitative estimate of drug-likeness (QED) is 0.267. The molecule has 0 radical (unpaired) electrons. The SMILES string of the molecule is CC(Sc1nnc(-c2ccc(F)cc2)n1N)c1nc(-c2cccc(C(F)(F)F)c2)no1. The van der Waals surface area contributed by atoms with Gasteiger partial charge in [-0.05, 0) is 43.3 Å². The van der Waals surface area contributed by atoms with Crippen LogP contribution in [0.2, 0.25) is 0 Å². The smallest absolute Gasteiger partial charge is 0.338 e. The fourth-order valence-corrected chi connectivity index (χ4v) is 3.51. The van der Waals surface area contributed by atoms with Crippen molar-refractivity contribution in [3.8, 4) is 22.8 Å². The maximum absolute atomic E-state index is 13.1. The molecule has 12 heteroatoms. The van der Waals surface area contributed by atoms with E-state index in [0.717, 1.165) is 12.1 Å². The van der Waals surface area contributed by atoms with Gasteiger partial charge in [-0.1, -0.05) is 29.1 Å². The molecule has 0 bridgehead atoms. The van der Waals surface area contributed by atoms with Gasteiger partial charge in [-0.15, -0.1) is 10.2 Å². The van der Waals surface area contributed by atoms with Crippen LogP contribution in [-0.4, -0.2) is 25.0 Å². The Morgan fingerprint density at radius 2 is 1.81 bits per heavy atom. The molecule has 0 aliphatic rings. The zero-order valence-corrected chi connectivity index (χ0v) is 16.7. The minimum Gasteiger partial charge on any atom is -0.338 e. The monoisotopic (exact) mass is 450 g/mol. The Hall–Kier alpha value is -3.41. The van der Waals surface area contributed by atoms with Crippen LogP contribution in [0, 0.1) is 5.82 Å². The highest BCUT2D eigenvalue weighted by molar-refractivity contribution is 7.99. The summed E-state index contributed by atoms with van der Waals surface area (Å²) >= 11 is 1.17. The number of alkyl halides is 3. The van der Waals surface area contributed by atoms with Crippen molar-refractivity contribution in [2.24, 2.45) is 0 Å². The molecule has 0 saturated carbocycles. The normalized spacial score (nSPS) is 12.8. The van der Waals surface area contributed by atoms with Crippen LogP contribution in [0.3, 0.4) is 0 Å². The third kappa shape index (κ3) is 4.38. The number of thioether (sulfide) groups is 1. The molecule has 1 atom stereocenters. The van der Waals surface area contributed by atoms with Crippen molar-refractivity contribution < 1.29 is 22.1 Å². The molecule has 2 aromatic carbocycles. The molecule has 1 unspecified atom stereocenters. The van der Waals surface area contributed by atoms with Crippen LogP contribution in [-0.2, 0) is 6.18 Å². The van der Waals surface area contributed by atoms with E-state index in [1.807, 2.05) is 0 Å². The first-order valence-electron chi connectivity index (χ1n) is 8.86. The summed E-state index contributed by atoms with van der Waals surface area (Å²) in [7, 11) is 0. The predicted octanol–water partition coefficient (Wildman–Crippen LogP) is 4.72. The second kappa shape index (κ2) is 8.02. The van der Waals surface area contributed by atoms with E-state index in [9.17, 15) is 17.6 Å².